The van der Waals surface area contributed by atoms with Crippen LogP contribution in [0.25, 0.3) is 0 Å². The third-order valence-electron chi connectivity index (χ3n) is 2.93. The molecule has 2 rings (SSSR count). The van der Waals surface area contributed by atoms with E-state index in [2.05, 4.69) is 15.1 Å². The normalized spacial score (nSPS) is 11.6. The smallest absolute Gasteiger partial charge is 0.143 e. The standard InChI is InChI=1S/C15H15Cl2N3O/c1-9-14(7-18-11(3)19-9)10(2)20-21-8-12-4-5-13(16)6-15(12)17/h4-7H,8H2,1-3H3/b20-10-. The summed E-state index contributed by atoms with van der Waals surface area (Å²) in [6.45, 7) is 5.89. The summed E-state index contributed by atoms with van der Waals surface area (Å²) >= 11 is 11.9. The predicted octanol–water partition coefficient (Wildman–Crippen LogP) is 4.34. The number of hydrogen-bond donors (Lipinski definition) is 0. The van der Waals surface area contributed by atoms with Crippen LogP contribution in [0.4, 0.5) is 0 Å². The van der Waals surface area contributed by atoms with Gasteiger partial charge < -0.3 is 4.84 Å². The Balaban J connectivity index is 2.06. The molecule has 0 bridgehead atoms. The van der Waals surface area contributed by atoms with Gasteiger partial charge >= 0.3 is 0 Å². The van der Waals surface area contributed by atoms with Gasteiger partial charge in [-0.1, -0.05) is 34.4 Å². The van der Waals surface area contributed by atoms with Crippen LogP contribution in [0.2, 0.25) is 10.0 Å². The molecule has 2 aromatic rings. The van der Waals surface area contributed by atoms with E-state index < -0.39 is 0 Å². The van der Waals surface area contributed by atoms with Gasteiger partial charge in [0.05, 0.1) is 11.4 Å². The molecule has 0 N–H and O–H groups in total. The van der Waals surface area contributed by atoms with Crippen LogP contribution >= 0.6 is 23.2 Å². The van der Waals surface area contributed by atoms with Gasteiger partial charge in [-0.05, 0) is 32.9 Å². The molecule has 4 nitrogen and oxygen atoms in total. The maximum Gasteiger partial charge on any atom is 0.143 e. The summed E-state index contributed by atoms with van der Waals surface area (Å²) in [5, 5.41) is 5.24. The first-order valence-corrected chi connectivity index (χ1v) is 7.14. The zero-order valence-corrected chi connectivity index (χ0v) is 13.5. The van der Waals surface area contributed by atoms with Crippen molar-refractivity contribution >= 4 is 28.9 Å². The minimum Gasteiger partial charge on any atom is -0.391 e. The van der Waals surface area contributed by atoms with E-state index in [1.807, 2.05) is 26.8 Å². The summed E-state index contributed by atoms with van der Waals surface area (Å²) in [5.41, 5.74) is 3.28. The van der Waals surface area contributed by atoms with Gasteiger partial charge in [0.1, 0.15) is 12.4 Å². The van der Waals surface area contributed by atoms with Crippen molar-refractivity contribution in [2.24, 2.45) is 5.16 Å². The zero-order chi connectivity index (χ0) is 15.4. The number of hydrogen-bond acceptors (Lipinski definition) is 4. The Morgan fingerprint density at radius 1 is 1.29 bits per heavy atom. The monoisotopic (exact) mass is 323 g/mol. The van der Waals surface area contributed by atoms with Crippen molar-refractivity contribution in [3.8, 4) is 0 Å². The molecule has 0 fully saturated rings. The molecule has 0 amide bonds. The molecule has 1 heterocycles. The summed E-state index contributed by atoms with van der Waals surface area (Å²) in [6, 6.07) is 5.26. The van der Waals surface area contributed by atoms with Gasteiger partial charge in [-0.15, -0.1) is 0 Å². The first kappa shape index (κ1) is 15.7. The number of benzene rings is 1. The van der Waals surface area contributed by atoms with E-state index in [-0.39, 0.29) is 6.61 Å². The number of aromatic nitrogens is 2. The van der Waals surface area contributed by atoms with Crippen LogP contribution in [-0.4, -0.2) is 15.7 Å². The molecular formula is C15H15Cl2N3O. The highest BCUT2D eigenvalue weighted by Crippen LogP contribution is 2.21. The fourth-order valence-corrected chi connectivity index (χ4v) is 2.29. The van der Waals surface area contributed by atoms with Crippen LogP contribution in [0.1, 0.15) is 29.6 Å². The van der Waals surface area contributed by atoms with Gasteiger partial charge in [0.15, 0.2) is 0 Å². The molecule has 1 aromatic heterocycles. The second-order valence-corrected chi connectivity index (χ2v) is 5.45. The second-order valence-electron chi connectivity index (χ2n) is 4.60. The molecule has 6 heteroatoms. The lowest BCUT2D eigenvalue weighted by atomic mass is 10.2. The van der Waals surface area contributed by atoms with Gasteiger partial charge in [-0.25, -0.2) is 9.97 Å². The largest absolute Gasteiger partial charge is 0.391 e. The molecular weight excluding hydrogens is 309 g/mol. The quantitative estimate of drug-likeness (QED) is 0.621. The fourth-order valence-electron chi connectivity index (χ4n) is 1.82. The Bertz CT molecular complexity index is 687. The van der Waals surface area contributed by atoms with Crippen LogP contribution < -0.4 is 0 Å². The number of aryl methyl sites for hydroxylation is 2. The van der Waals surface area contributed by atoms with Crippen LogP contribution in [0.15, 0.2) is 29.6 Å². The van der Waals surface area contributed by atoms with Crippen molar-refractivity contribution in [2.45, 2.75) is 27.4 Å². The van der Waals surface area contributed by atoms with Crippen LogP contribution in [0, 0.1) is 13.8 Å². The molecule has 0 spiro atoms. The lowest BCUT2D eigenvalue weighted by Gasteiger charge is -2.06. The number of nitrogens with zero attached hydrogens (tertiary/aromatic N) is 3. The van der Waals surface area contributed by atoms with Crippen LogP contribution in [0.3, 0.4) is 0 Å². The van der Waals surface area contributed by atoms with E-state index >= 15 is 0 Å². The van der Waals surface area contributed by atoms with E-state index in [0.29, 0.717) is 10.0 Å². The molecule has 0 saturated heterocycles. The predicted molar refractivity (Wildman–Crippen MR) is 85.0 cm³/mol. The van der Waals surface area contributed by atoms with E-state index in [1.165, 1.54) is 0 Å². The lowest BCUT2D eigenvalue weighted by molar-refractivity contribution is 0.130. The Labute approximate surface area is 133 Å². The first-order valence-electron chi connectivity index (χ1n) is 6.38. The topological polar surface area (TPSA) is 47.4 Å². The molecule has 0 atom stereocenters. The summed E-state index contributed by atoms with van der Waals surface area (Å²) < 4.78 is 0. The number of rotatable bonds is 4. The second kappa shape index (κ2) is 6.87. The molecule has 21 heavy (non-hydrogen) atoms. The summed E-state index contributed by atoms with van der Waals surface area (Å²) in [7, 11) is 0. The lowest BCUT2D eigenvalue weighted by Crippen LogP contribution is -2.04. The van der Waals surface area contributed by atoms with Gasteiger partial charge in [-0.3, -0.25) is 0 Å². The van der Waals surface area contributed by atoms with Gasteiger partial charge in [0, 0.05) is 27.4 Å². The average Bonchev–Trinajstić information content (AvgIpc) is 2.41. The summed E-state index contributed by atoms with van der Waals surface area (Å²) in [6.07, 6.45) is 1.75. The molecule has 0 saturated carbocycles. The Morgan fingerprint density at radius 2 is 2.05 bits per heavy atom. The highest BCUT2D eigenvalue weighted by atomic mass is 35.5. The van der Waals surface area contributed by atoms with Gasteiger partial charge in [0.25, 0.3) is 0 Å². The third-order valence-corrected chi connectivity index (χ3v) is 3.51. The maximum absolute atomic E-state index is 6.07. The number of halogens is 2. The molecule has 1 aromatic carbocycles. The molecule has 110 valence electrons. The van der Waals surface area contributed by atoms with Gasteiger partial charge in [-0.2, -0.15) is 0 Å². The van der Waals surface area contributed by atoms with E-state index in [0.717, 1.165) is 28.4 Å². The van der Waals surface area contributed by atoms with Crippen LogP contribution in [0.5, 0.6) is 0 Å². The maximum atomic E-state index is 6.07. The minimum atomic E-state index is 0.277. The van der Waals surface area contributed by atoms with Gasteiger partial charge in [0.2, 0.25) is 0 Å². The van der Waals surface area contributed by atoms with Crippen molar-refractivity contribution < 1.29 is 4.84 Å². The Morgan fingerprint density at radius 3 is 2.71 bits per heavy atom. The van der Waals surface area contributed by atoms with E-state index in [1.54, 1.807) is 18.3 Å². The van der Waals surface area contributed by atoms with Crippen LogP contribution in [-0.2, 0) is 11.4 Å². The van der Waals surface area contributed by atoms with Crippen molar-refractivity contribution in [1.82, 2.24) is 9.97 Å². The molecule has 0 radical (unpaired) electrons. The first-order chi connectivity index (χ1) is 9.97. The SMILES string of the molecule is C/C(=N/OCc1ccc(Cl)cc1Cl)c1cnc(C)nc1C. The molecule has 0 aliphatic carbocycles. The van der Waals surface area contributed by atoms with Crippen molar-refractivity contribution in [3.63, 3.8) is 0 Å². The summed E-state index contributed by atoms with van der Waals surface area (Å²) in [4.78, 5) is 13.8. The average molecular weight is 324 g/mol. The zero-order valence-electron chi connectivity index (χ0n) is 12.0. The van der Waals surface area contributed by atoms with E-state index in [9.17, 15) is 0 Å². The minimum absolute atomic E-state index is 0.277. The fraction of sp³-hybridized carbons (Fsp3) is 0.267. The number of oxime groups is 1. The highest BCUT2D eigenvalue weighted by Gasteiger charge is 2.06. The molecule has 0 unspecified atom stereocenters. The molecule has 0 aliphatic rings. The van der Waals surface area contributed by atoms with E-state index in [4.69, 9.17) is 28.0 Å². The Hall–Kier alpha value is -1.65. The summed E-state index contributed by atoms with van der Waals surface area (Å²) in [5.74, 6) is 0.734. The van der Waals surface area contributed by atoms with Crippen molar-refractivity contribution in [1.29, 1.82) is 0 Å². The highest BCUT2D eigenvalue weighted by molar-refractivity contribution is 6.35. The van der Waals surface area contributed by atoms with Crippen molar-refractivity contribution in [2.75, 3.05) is 0 Å². The third kappa shape index (κ3) is 4.16. The Kier molecular flexibility index (Phi) is 5.15. The molecule has 0 aliphatic heterocycles. The van der Waals surface area contributed by atoms with Crippen molar-refractivity contribution in [3.05, 3.63) is 57.1 Å².